The number of aryl methyl sites for hydroxylation is 2. The van der Waals surface area contributed by atoms with Gasteiger partial charge in [0.2, 0.25) is 0 Å². The highest BCUT2D eigenvalue weighted by atomic mass is 32.2. The second-order valence-corrected chi connectivity index (χ2v) is 7.19. The Morgan fingerprint density at radius 3 is 2.58 bits per heavy atom. The smallest absolute Gasteiger partial charge is 0.185 e. The fraction of sp³-hybridized carbons (Fsp3) is 0.150. The number of hydrogen-bond donors (Lipinski definition) is 0. The molecule has 0 atom stereocenters. The van der Waals surface area contributed by atoms with Crippen molar-refractivity contribution in [2.24, 2.45) is 0 Å². The molecule has 0 unspecified atom stereocenters. The van der Waals surface area contributed by atoms with Crippen molar-refractivity contribution in [3.05, 3.63) is 77.1 Å². The van der Waals surface area contributed by atoms with Crippen molar-refractivity contribution in [3.63, 3.8) is 0 Å². The Bertz CT molecular complexity index is 1070. The van der Waals surface area contributed by atoms with E-state index in [1.165, 1.54) is 28.8 Å². The highest BCUT2D eigenvalue weighted by Gasteiger charge is 2.11. The van der Waals surface area contributed by atoms with Gasteiger partial charge in [0.25, 0.3) is 0 Å². The van der Waals surface area contributed by atoms with Crippen LogP contribution >= 0.6 is 11.8 Å². The molecule has 4 aromatic rings. The standard InChI is InChI=1S/C20H17FN4S/c1-13-3-4-14(2)16(11-13)12-26-19-10-9-18-22-23-20(25(18)24-19)15-5-7-17(21)8-6-15/h3-11H,12H2,1-2H3. The largest absolute Gasteiger partial charge is 0.207 e. The predicted molar refractivity (Wildman–Crippen MR) is 102 cm³/mol. The van der Waals surface area contributed by atoms with Crippen molar-refractivity contribution in [1.29, 1.82) is 0 Å². The summed E-state index contributed by atoms with van der Waals surface area (Å²) in [6.45, 7) is 4.22. The molecule has 0 aliphatic heterocycles. The van der Waals surface area contributed by atoms with Crippen LogP contribution in [0.3, 0.4) is 0 Å². The minimum atomic E-state index is -0.278. The van der Waals surface area contributed by atoms with E-state index in [1.54, 1.807) is 28.4 Å². The molecule has 26 heavy (non-hydrogen) atoms. The Morgan fingerprint density at radius 2 is 1.77 bits per heavy atom. The first-order chi connectivity index (χ1) is 12.6. The Hall–Kier alpha value is -2.73. The summed E-state index contributed by atoms with van der Waals surface area (Å²) in [5, 5.41) is 13.9. The first-order valence-corrected chi connectivity index (χ1v) is 9.26. The van der Waals surface area contributed by atoms with E-state index in [0.717, 1.165) is 16.3 Å². The number of halogens is 1. The van der Waals surface area contributed by atoms with Crippen molar-refractivity contribution in [3.8, 4) is 11.4 Å². The van der Waals surface area contributed by atoms with Crippen molar-refractivity contribution in [1.82, 2.24) is 19.8 Å². The number of rotatable bonds is 4. The number of benzene rings is 2. The van der Waals surface area contributed by atoms with Gasteiger partial charge in [-0.15, -0.1) is 10.2 Å². The molecule has 0 bridgehead atoms. The monoisotopic (exact) mass is 364 g/mol. The normalized spacial score (nSPS) is 11.2. The molecule has 6 heteroatoms. The molecular weight excluding hydrogens is 347 g/mol. The highest BCUT2D eigenvalue weighted by molar-refractivity contribution is 7.98. The lowest BCUT2D eigenvalue weighted by Gasteiger charge is -2.07. The second kappa shape index (κ2) is 6.88. The molecule has 0 spiro atoms. The van der Waals surface area contributed by atoms with Gasteiger partial charge < -0.3 is 0 Å². The van der Waals surface area contributed by atoms with Crippen molar-refractivity contribution in [2.45, 2.75) is 24.6 Å². The molecule has 0 saturated heterocycles. The van der Waals surface area contributed by atoms with E-state index < -0.39 is 0 Å². The molecule has 4 rings (SSSR count). The van der Waals surface area contributed by atoms with E-state index in [4.69, 9.17) is 0 Å². The van der Waals surface area contributed by atoms with Crippen LogP contribution in [-0.2, 0) is 5.75 Å². The average Bonchev–Trinajstić information content (AvgIpc) is 3.06. The van der Waals surface area contributed by atoms with Crippen LogP contribution in [0.2, 0.25) is 0 Å². The van der Waals surface area contributed by atoms with Crippen molar-refractivity contribution >= 4 is 17.4 Å². The Morgan fingerprint density at radius 1 is 0.962 bits per heavy atom. The lowest BCUT2D eigenvalue weighted by Crippen LogP contribution is -1.97. The predicted octanol–water partition coefficient (Wildman–Crippen LogP) is 4.84. The molecule has 0 aliphatic rings. The fourth-order valence-corrected chi connectivity index (χ4v) is 3.65. The molecule has 0 amide bonds. The van der Waals surface area contributed by atoms with Gasteiger partial charge >= 0.3 is 0 Å². The summed E-state index contributed by atoms with van der Waals surface area (Å²) >= 11 is 1.67. The summed E-state index contributed by atoms with van der Waals surface area (Å²) in [5.74, 6) is 1.18. The number of hydrogen-bond acceptors (Lipinski definition) is 4. The van der Waals surface area contributed by atoms with Crippen LogP contribution in [0.4, 0.5) is 4.39 Å². The molecule has 0 radical (unpaired) electrons. The van der Waals surface area contributed by atoms with Gasteiger partial charge in [-0.1, -0.05) is 35.5 Å². The Kier molecular flexibility index (Phi) is 4.42. The number of nitrogens with zero attached hydrogens (tertiary/aromatic N) is 4. The lowest BCUT2D eigenvalue weighted by molar-refractivity contribution is 0.628. The van der Waals surface area contributed by atoms with E-state index in [2.05, 4.69) is 47.3 Å². The van der Waals surface area contributed by atoms with Crippen LogP contribution in [0.5, 0.6) is 0 Å². The van der Waals surface area contributed by atoms with E-state index in [-0.39, 0.29) is 5.82 Å². The van der Waals surface area contributed by atoms with Gasteiger partial charge in [0.1, 0.15) is 10.8 Å². The zero-order chi connectivity index (χ0) is 18.1. The Labute approximate surface area is 155 Å². The molecule has 0 N–H and O–H groups in total. The van der Waals surface area contributed by atoms with Crippen LogP contribution < -0.4 is 0 Å². The number of fused-ring (bicyclic) bond motifs is 1. The third-order valence-corrected chi connectivity index (χ3v) is 5.19. The maximum atomic E-state index is 13.2. The van der Waals surface area contributed by atoms with Gasteiger partial charge in [0, 0.05) is 11.3 Å². The van der Waals surface area contributed by atoms with E-state index in [1.807, 2.05) is 12.1 Å². The first-order valence-electron chi connectivity index (χ1n) is 8.27. The number of aromatic nitrogens is 4. The summed E-state index contributed by atoms with van der Waals surface area (Å²) < 4.78 is 14.9. The van der Waals surface area contributed by atoms with Crippen LogP contribution in [0.25, 0.3) is 17.0 Å². The minimum absolute atomic E-state index is 0.278. The summed E-state index contributed by atoms with van der Waals surface area (Å²) in [5.41, 5.74) is 5.29. The zero-order valence-electron chi connectivity index (χ0n) is 14.5. The highest BCUT2D eigenvalue weighted by Crippen LogP contribution is 2.25. The molecular formula is C20H17FN4S. The minimum Gasteiger partial charge on any atom is -0.207 e. The molecule has 2 heterocycles. The number of thioether (sulfide) groups is 1. The van der Waals surface area contributed by atoms with E-state index >= 15 is 0 Å². The fourth-order valence-electron chi connectivity index (χ4n) is 2.74. The molecule has 2 aromatic heterocycles. The van der Waals surface area contributed by atoms with Crippen LogP contribution in [0.15, 0.2) is 59.6 Å². The SMILES string of the molecule is Cc1ccc(C)c(CSc2ccc3nnc(-c4ccc(F)cc4)n3n2)c1. The summed E-state index contributed by atoms with van der Waals surface area (Å²) in [7, 11) is 0. The van der Waals surface area contributed by atoms with Gasteiger partial charge in [-0.3, -0.25) is 0 Å². The van der Waals surface area contributed by atoms with Crippen molar-refractivity contribution < 1.29 is 4.39 Å². The van der Waals surface area contributed by atoms with Crippen molar-refractivity contribution in [2.75, 3.05) is 0 Å². The summed E-state index contributed by atoms with van der Waals surface area (Å²) in [4.78, 5) is 0. The van der Waals surface area contributed by atoms with E-state index in [0.29, 0.717) is 11.5 Å². The molecule has 2 aromatic carbocycles. The molecule has 4 nitrogen and oxygen atoms in total. The molecule has 0 aliphatic carbocycles. The van der Waals surface area contributed by atoms with Gasteiger partial charge in [-0.2, -0.15) is 9.61 Å². The van der Waals surface area contributed by atoms with Gasteiger partial charge in [-0.05, 0) is 61.4 Å². The molecule has 0 fully saturated rings. The lowest BCUT2D eigenvalue weighted by atomic mass is 10.1. The maximum Gasteiger partial charge on any atom is 0.185 e. The van der Waals surface area contributed by atoms with E-state index in [9.17, 15) is 4.39 Å². The third kappa shape index (κ3) is 3.32. The van der Waals surface area contributed by atoms with Gasteiger partial charge in [0.05, 0.1) is 0 Å². The first kappa shape index (κ1) is 16.7. The molecule has 130 valence electrons. The van der Waals surface area contributed by atoms with Gasteiger partial charge in [-0.25, -0.2) is 4.39 Å². The molecule has 0 saturated carbocycles. The second-order valence-electron chi connectivity index (χ2n) is 6.19. The van der Waals surface area contributed by atoms with Gasteiger partial charge in [0.15, 0.2) is 11.5 Å². The maximum absolute atomic E-state index is 13.2. The average molecular weight is 364 g/mol. The zero-order valence-corrected chi connectivity index (χ0v) is 15.3. The third-order valence-electron chi connectivity index (χ3n) is 4.22. The topological polar surface area (TPSA) is 43.1 Å². The quantitative estimate of drug-likeness (QED) is 0.486. The summed E-state index contributed by atoms with van der Waals surface area (Å²) in [6.07, 6.45) is 0. The Balaban J connectivity index is 1.63. The van der Waals surface area contributed by atoms with Crippen LogP contribution in [0.1, 0.15) is 16.7 Å². The van der Waals surface area contributed by atoms with Crippen LogP contribution in [0, 0.1) is 19.7 Å². The summed E-state index contributed by atoms with van der Waals surface area (Å²) in [6, 6.07) is 16.5. The van der Waals surface area contributed by atoms with Crippen LogP contribution in [-0.4, -0.2) is 19.8 Å².